The normalized spacial score (nSPS) is 11.2. The lowest BCUT2D eigenvalue weighted by atomic mass is 10.1. The summed E-state index contributed by atoms with van der Waals surface area (Å²) in [6.45, 7) is 4.43. The van der Waals surface area contributed by atoms with E-state index in [4.69, 9.17) is 0 Å². The lowest BCUT2D eigenvalue weighted by Gasteiger charge is -2.01. The van der Waals surface area contributed by atoms with Gasteiger partial charge in [0.2, 0.25) is 10.4 Å². The number of hydrogen-bond acceptors (Lipinski definition) is 4. The van der Waals surface area contributed by atoms with Crippen LogP contribution in [-0.2, 0) is 28.1 Å². The van der Waals surface area contributed by atoms with E-state index in [1.165, 1.54) is 82.1 Å². The molecule has 1 aromatic heterocycles. The number of nitrogens with one attached hydrogen (secondary N) is 1. The molecule has 0 aromatic carbocycles. The molecule has 0 radical (unpaired) electrons. The molecule has 0 bridgehead atoms. The van der Waals surface area contributed by atoms with Gasteiger partial charge in [0.1, 0.15) is 11.9 Å². The Morgan fingerprint density at radius 3 is 1.84 bits per heavy atom. The third-order valence-electron chi connectivity index (χ3n) is 4.35. The lowest BCUT2D eigenvalue weighted by Crippen LogP contribution is -2.33. The molecule has 0 aliphatic heterocycles. The van der Waals surface area contributed by atoms with Crippen LogP contribution in [0.2, 0.25) is 0 Å². The molecule has 7 heteroatoms. The molecule has 1 rings (SSSR count). The van der Waals surface area contributed by atoms with E-state index < -0.39 is 10.4 Å². The van der Waals surface area contributed by atoms with Crippen molar-refractivity contribution in [3.8, 4) is 0 Å². The van der Waals surface area contributed by atoms with Gasteiger partial charge < -0.3 is 4.55 Å². The van der Waals surface area contributed by atoms with E-state index in [-0.39, 0.29) is 0 Å². The van der Waals surface area contributed by atoms with Crippen molar-refractivity contribution in [3.63, 3.8) is 0 Å². The van der Waals surface area contributed by atoms with E-state index >= 15 is 0 Å². The number of imidazole rings is 1. The number of H-pyrrole nitrogens is 1. The number of hydrogen-bond donors (Lipinski definition) is 1. The summed E-state index contributed by atoms with van der Waals surface area (Å²) < 4.78 is 33.3. The molecular formula is C18H36N2O4S. The van der Waals surface area contributed by atoms with Gasteiger partial charge in [0.25, 0.3) is 5.82 Å². The minimum atomic E-state index is -4.41. The Morgan fingerprint density at radius 1 is 1.04 bits per heavy atom. The zero-order valence-electron chi connectivity index (χ0n) is 16.3. The molecule has 1 heterocycles. The molecule has 0 amide bonds. The van der Waals surface area contributed by atoms with Gasteiger partial charge in [-0.15, -0.1) is 0 Å². The maximum Gasteiger partial charge on any atom is 0.254 e. The maximum atomic E-state index is 9.22. The zero-order chi connectivity index (χ0) is 19.1. The molecule has 148 valence electrons. The average molecular weight is 377 g/mol. The molecular weight excluding hydrogens is 340 g/mol. The van der Waals surface area contributed by atoms with Crippen LogP contribution < -0.4 is 4.57 Å². The van der Waals surface area contributed by atoms with E-state index in [9.17, 15) is 13.0 Å². The minimum absolute atomic E-state index is 0.808. The first-order chi connectivity index (χ1) is 11.8. The summed E-state index contributed by atoms with van der Waals surface area (Å²) >= 11 is 0. The van der Waals surface area contributed by atoms with E-state index in [0.717, 1.165) is 7.11 Å². The van der Waals surface area contributed by atoms with Gasteiger partial charge in [0, 0.05) is 13.3 Å². The molecule has 25 heavy (non-hydrogen) atoms. The van der Waals surface area contributed by atoms with Crippen molar-refractivity contribution < 1.29 is 21.7 Å². The van der Waals surface area contributed by atoms with Gasteiger partial charge >= 0.3 is 0 Å². The second-order valence-corrected chi connectivity index (χ2v) is 7.59. The van der Waals surface area contributed by atoms with Crippen LogP contribution in [0, 0.1) is 6.92 Å². The highest BCUT2D eigenvalue weighted by Gasteiger charge is 2.09. The Hall–Kier alpha value is -0.920. The summed E-state index contributed by atoms with van der Waals surface area (Å²) in [6, 6.07) is 0. The summed E-state index contributed by atoms with van der Waals surface area (Å²) in [5.41, 5.74) is 1.32. The number of nitrogens with zero attached hydrogens (tertiary/aromatic N) is 1. The number of aromatic amines is 1. The second-order valence-electron chi connectivity index (χ2n) is 6.44. The van der Waals surface area contributed by atoms with Crippen molar-refractivity contribution in [2.75, 3.05) is 7.11 Å². The Morgan fingerprint density at radius 2 is 1.48 bits per heavy atom. The SMILES string of the molecule is CCCCCCCCCCCCc1[nH]cc(C)[n+]1C.COS(=O)(=O)[O-]. The minimum Gasteiger partial charge on any atom is -0.726 e. The third kappa shape index (κ3) is 14.0. The van der Waals surface area contributed by atoms with E-state index in [1.54, 1.807) is 0 Å². The fraction of sp³-hybridized carbons (Fsp3) is 0.833. The highest BCUT2D eigenvalue weighted by atomic mass is 32.3. The van der Waals surface area contributed by atoms with Crippen LogP contribution in [0.5, 0.6) is 0 Å². The fourth-order valence-corrected chi connectivity index (χ4v) is 2.61. The zero-order valence-corrected chi connectivity index (χ0v) is 17.2. The highest BCUT2D eigenvalue weighted by molar-refractivity contribution is 7.80. The predicted molar refractivity (Wildman–Crippen MR) is 99.0 cm³/mol. The van der Waals surface area contributed by atoms with Crippen LogP contribution in [0.1, 0.15) is 82.7 Å². The predicted octanol–water partition coefficient (Wildman–Crippen LogP) is 3.70. The van der Waals surface area contributed by atoms with E-state index in [0.29, 0.717) is 0 Å². The Labute approximate surface area is 154 Å². The van der Waals surface area contributed by atoms with Crippen molar-refractivity contribution in [2.45, 2.75) is 84.5 Å². The lowest BCUT2D eigenvalue weighted by molar-refractivity contribution is -0.683. The average Bonchev–Trinajstić information content (AvgIpc) is 2.88. The fourth-order valence-electron chi connectivity index (χ4n) is 2.61. The van der Waals surface area contributed by atoms with Crippen LogP contribution in [0.25, 0.3) is 0 Å². The maximum absolute atomic E-state index is 9.22. The molecule has 0 spiro atoms. The van der Waals surface area contributed by atoms with Crippen molar-refractivity contribution in [1.29, 1.82) is 0 Å². The van der Waals surface area contributed by atoms with Gasteiger partial charge in [-0.2, -0.15) is 0 Å². The van der Waals surface area contributed by atoms with Crippen LogP contribution in [-0.4, -0.2) is 25.1 Å². The van der Waals surface area contributed by atoms with Crippen LogP contribution in [0.3, 0.4) is 0 Å². The Balaban J connectivity index is 0.000000823. The Kier molecular flexibility index (Phi) is 13.7. The molecule has 0 saturated carbocycles. The first-order valence-electron chi connectivity index (χ1n) is 9.36. The molecule has 0 aliphatic carbocycles. The summed E-state index contributed by atoms with van der Waals surface area (Å²) in [5, 5.41) is 0. The van der Waals surface area contributed by atoms with Crippen molar-refractivity contribution >= 4 is 10.4 Å². The van der Waals surface area contributed by atoms with Crippen LogP contribution >= 0.6 is 0 Å². The van der Waals surface area contributed by atoms with Crippen molar-refractivity contribution in [3.05, 3.63) is 17.7 Å². The smallest absolute Gasteiger partial charge is 0.254 e. The quantitative estimate of drug-likeness (QED) is 0.261. The number of rotatable bonds is 12. The first kappa shape index (κ1) is 24.1. The molecule has 0 unspecified atom stereocenters. The monoisotopic (exact) mass is 376 g/mol. The van der Waals surface area contributed by atoms with Gasteiger partial charge in [0.05, 0.1) is 14.2 Å². The van der Waals surface area contributed by atoms with Crippen LogP contribution in [0.15, 0.2) is 6.20 Å². The summed E-state index contributed by atoms with van der Waals surface area (Å²) in [5.74, 6) is 1.37. The van der Waals surface area contributed by atoms with Gasteiger partial charge in [-0.3, -0.25) is 4.18 Å². The molecule has 6 nitrogen and oxygen atoms in total. The first-order valence-corrected chi connectivity index (χ1v) is 10.7. The molecule has 1 N–H and O–H groups in total. The number of aromatic nitrogens is 2. The van der Waals surface area contributed by atoms with Crippen molar-refractivity contribution in [1.82, 2.24) is 4.98 Å². The molecule has 0 saturated heterocycles. The molecule has 0 fully saturated rings. The molecule has 0 aliphatic rings. The van der Waals surface area contributed by atoms with E-state index in [2.05, 4.69) is 40.8 Å². The van der Waals surface area contributed by atoms with Crippen molar-refractivity contribution in [2.24, 2.45) is 7.05 Å². The molecule has 0 atom stereocenters. The summed E-state index contributed by atoms with van der Waals surface area (Å²) in [4.78, 5) is 3.37. The highest BCUT2D eigenvalue weighted by Crippen LogP contribution is 2.11. The summed E-state index contributed by atoms with van der Waals surface area (Å²) in [7, 11) is -1.45. The van der Waals surface area contributed by atoms with Gasteiger partial charge in [-0.05, 0) is 6.42 Å². The van der Waals surface area contributed by atoms with Gasteiger partial charge in [-0.25, -0.2) is 18.0 Å². The number of aryl methyl sites for hydroxylation is 2. The third-order valence-corrected chi connectivity index (χ3v) is 4.76. The largest absolute Gasteiger partial charge is 0.726 e. The second kappa shape index (κ2) is 14.3. The van der Waals surface area contributed by atoms with Crippen LogP contribution in [0.4, 0.5) is 0 Å². The summed E-state index contributed by atoms with van der Waals surface area (Å²) in [6.07, 6.45) is 17.4. The standard InChI is InChI=1S/C17H32N2.CH4O4S/c1-4-5-6-7-8-9-10-11-12-13-14-17-18-15-16(2)19(17)3;1-5-6(2,3)4/h15H,4-14H2,1-3H3;1H3,(H,2,3,4). The number of unbranched alkanes of at least 4 members (excludes halogenated alkanes) is 9. The van der Waals surface area contributed by atoms with Gasteiger partial charge in [-0.1, -0.05) is 64.7 Å². The Bertz CT molecular complexity index is 541. The van der Waals surface area contributed by atoms with Gasteiger partial charge in [0.15, 0.2) is 0 Å². The molecule has 1 aromatic rings. The topological polar surface area (TPSA) is 86.1 Å². The van der Waals surface area contributed by atoms with E-state index in [1.807, 2.05) is 0 Å².